The number of benzene rings is 2. The number of amides is 3. The summed E-state index contributed by atoms with van der Waals surface area (Å²) < 4.78 is 5.35. The summed E-state index contributed by atoms with van der Waals surface area (Å²) in [7, 11) is 0. The average Bonchev–Trinajstić information content (AvgIpc) is 3.00. The van der Waals surface area contributed by atoms with Crippen LogP contribution in [0.4, 0.5) is 4.79 Å². The number of aliphatic carboxylic acids is 1. The van der Waals surface area contributed by atoms with Crippen molar-refractivity contribution in [3.63, 3.8) is 0 Å². The molecule has 1 unspecified atom stereocenters. The van der Waals surface area contributed by atoms with E-state index in [1.807, 2.05) is 64.1 Å². The lowest BCUT2D eigenvalue weighted by Gasteiger charge is -2.29. The fourth-order valence-electron chi connectivity index (χ4n) is 5.00. The normalized spacial score (nSPS) is 14.7. The summed E-state index contributed by atoms with van der Waals surface area (Å²) >= 11 is 0. The molecule has 0 aliphatic carbocycles. The lowest BCUT2D eigenvalue weighted by atomic mass is 9.97. The van der Waals surface area contributed by atoms with Gasteiger partial charge in [-0.1, -0.05) is 102 Å². The molecular weight excluding hydrogens is 588 g/mol. The quantitative estimate of drug-likeness (QED) is 0.135. The standard InChI is InChI=1S/C35H52N4O7/c1-22(2)17-27(38-35(45)46-21-26-15-11-8-12-16-26)30(40)20-36-28(18-23(3)4)32(41)39-31(24(5)6)33(42)37-29(34(43)44)19-25-13-9-7-10-14-25/h7-16,22-24,27-31,36,40H,17-21H2,1-6H3,(H,37,42)(H,38,45)(H,39,41)(H,43,44)/t27?,28-,29-,30-,31-/m0/s1. The van der Waals surface area contributed by atoms with E-state index in [1.165, 1.54) is 0 Å². The minimum Gasteiger partial charge on any atom is -0.480 e. The molecule has 0 heterocycles. The Balaban J connectivity index is 2.06. The van der Waals surface area contributed by atoms with Gasteiger partial charge in [0.1, 0.15) is 18.7 Å². The Bertz CT molecular complexity index is 1220. The smallest absolute Gasteiger partial charge is 0.407 e. The number of ether oxygens (including phenoxy) is 1. The fraction of sp³-hybridized carbons (Fsp3) is 0.543. The van der Waals surface area contributed by atoms with Gasteiger partial charge in [-0.15, -0.1) is 0 Å². The van der Waals surface area contributed by atoms with Crippen LogP contribution >= 0.6 is 0 Å². The van der Waals surface area contributed by atoms with Crippen molar-refractivity contribution in [2.75, 3.05) is 6.54 Å². The number of hydrogen-bond acceptors (Lipinski definition) is 7. The summed E-state index contributed by atoms with van der Waals surface area (Å²) in [5.41, 5.74) is 1.60. The van der Waals surface area contributed by atoms with Crippen LogP contribution in [0.5, 0.6) is 0 Å². The predicted octanol–water partition coefficient (Wildman–Crippen LogP) is 3.65. The molecule has 0 saturated heterocycles. The molecule has 2 rings (SSSR count). The number of aliphatic hydroxyl groups is 1. The summed E-state index contributed by atoms with van der Waals surface area (Å²) in [6.45, 7) is 11.5. The number of carboxylic acid groups (broad SMARTS) is 1. The van der Waals surface area contributed by atoms with Gasteiger partial charge in [-0.3, -0.25) is 9.59 Å². The maximum atomic E-state index is 13.5. The highest BCUT2D eigenvalue weighted by Gasteiger charge is 2.32. The molecule has 2 aromatic carbocycles. The highest BCUT2D eigenvalue weighted by Crippen LogP contribution is 2.13. The van der Waals surface area contributed by atoms with Gasteiger partial charge in [0, 0.05) is 13.0 Å². The number of alkyl carbamates (subject to hydrolysis) is 1. The molecule has 6 N–H and O–H groups in total. The van der Waals surface area contributed by atoms with E-state index < -0.39 is 54.1 Å². The monoisotopic (exact) mass is 640 g/mol. The second-order valence-electron chi connectivity index (χ2n) is 12.9. The Hall–Kier alpha value is -3.96. The van der Waals surface area contributed by atoms with Crippen LogP contribution in [0.15, 0.2) is 60.7 Å². The molecule has 0 fully saturated rings. The van der Waals surface area contributed by atoms with E-state index in [9.17, 15) is 29.4 Å². The number of carbonyl (C=O) groups excluding carboxylic acids is 3. The van der Waals surface area contributed by atoms with E-state index in [0.29, 0.717) is 12.8 Å². The van der Waals surface area contributed by atoms with Crippen molar-refractivity contribution in [1.82, 2.24) is 21.3 Å². The molecule has 3 amide bonds. The second-order valence-corrected chi connectivity index (χ2v) is 12.9. The number of carboxylic acids is 1. The number of nitrogens with one attached hydrogen (secondary N) is 4. The van der Waals surface area contributed by atoms with Crippen molar-refractivity contribution in [2.45, 2.75) is 97.7 Å². The largest absolute Gasteiger partial charge is 0.480 e. The molecule has 0 bridgehead atoms. The predicted molar refractivity (Wildman–Crippen MR) is 177 cm³/mol. The van der Waals surface area contributed by atoms with Gasteiger partial charge in [0.25, 0.3) is 0 Å². The lowest BCUT2D eigenvalue weighted by molar-refractivity contribution is -0.142. The molecule has 11 heteroatoms. The number of hydrogen-bond donors (Lipinski definition) is 6. The summed E-state index contributed by atoms with van der Waals surface area (Å²) in [6, 6.07) is 14.7. The average molecular weight is 641 g/mol. The highest BCUT2D eigenvalue weighted by atomic mass is 16.5. The zero-order valence-corrected chi connectivity index (χ0v) is 27.9. The summed E-state index contributed by atoms with van der Waals surface area (Å²) in [5, 5.41) is 32.2. The molecule has 0 aliphatic rings. The van der Waals surface area contributed by atoms with Crippen LogP contribution in [-0.4, -0.2) is 70.9 Å². The van der Waals surface area contributed by atoms with E-state index in [-0.39, 0.29) is 37.3 Å². The minimum atomic E-state index is -1.17. The second kappa shape index (κ2) is 19.5. The van der Waals surface area contributed by atoms with Gasteiger partial charge in [-0.25, -0.2) is 9.59 Å². The van der Waals surface area contributed by atoms with Crippen LogP contribution in [0, 0.1) is 17.8 Å². The third kappa shape index (κ3) is 14.0. The first-order chi connectivity index (χ1) is 21.8. The van der Waals surface area contributed by atoms with Gasteiger partial charge >= 0.3 is 12.1 Å². The van der Waals surface area contributed by atoms with Crippen LogP contribution in [0.3, 0.4) is 0 Å². The van der Waals surface area contributed by atoms with E-state index in [2.05, 4.69) is 21.3 Å². The number of rotatable bonds is 19. The highest BCUT2D eigenvalue weighted by molar-refractivity contribution is 5.92. The van der Waals surface area contributed by atoms with Crippen molar-refractivity contribution in [3.05, 3.63) is 71.8 Å². The lowest BCUT2D eigenvalue weighted by Crippen LogP contribution is -2.58. The third-order valence-electron chi connectivity index (χ3n) is 7.45. The molecular formula is C35H52N4O7. The van der Waals surface area contributed by atoms with Gasteiger partial charge in [0.05, 0.1) is 18.2 Å². The van der Waals surface area contributed by atoms with Crippen molar-refractivity contribution < 1.29 is 34.1 Å². The van der Waals surface area contributed by atoms with Crippen molar-refractivity contribution in [3.8, 4) is 0 Å². The van der Waals surface area contributed by atoms with E-state index in [1.54, 1.807) is 38.1 Å². The molecule has 5 atom stereocenters. The van der Waals surface area contributed by atoms with E-state index >= 15 is 0 Å². The third-order valence-corrected chi connectivity index (χ3v) is 7.45. The van der Waals surface area contributed by atoms with Crippen LogP contribution in [0.2, 0.25) is 0 Å². The van der Waals surface area contributed by atoms with Gasteiger partial charge in [-0.05, 0) is 41.7 Å². The van der Waals surface area contributed by atoms with Crippen LogP contribution in [0.25, 0.3) is 0 Å². The molecule has 0 aromatic heterocycles. The Morgan fingerprint density at radius 1 is 0.717 bits per heavy atom. The van der Waals surface area contributed by atoms with E-state index in [4.69, 9.17) is 4.74 Å². The zero-order chi connectivity index (χ0) is 34.2. The van der Waals surface area contributed by atoms with Crippen molar-refractivity contribution >= 4 is 23.9 Å². The first-order valence-electron chi connectivity index (χ1n) is 16.0. The van der Waals surface area contributed by atoms with Crippen molar-refractivity contribution in [2.24, 2.45) is 17.8 Å². The molecule has 11 nitrogen and oxygen atoms in total. The minimum absolute atomic E-state index is 0.00212. The molecule has 254 valence electrons. The molecule has 46 heavy (non-hydrogen) atoms. The van der Waals surface area contributed by atoms with Gasteiger partial charge in [-0.2, -0.15) is 0 Å². The summed E-state index contributed by atoms with van der Waals surface area (Å²) in [6.07, 6.45) is -0.692. The van der Waals surface area contributed by atoms with Crippen LogP contribution in [0.1, 0.15) is 65.5 Å². The first kappa shape index (κ1) is 38.2. The van der Waals surface area contributed by atoms with Crippen LogP contribution < -0.4 is 21.3 Å². The van der Waals surface area contributed by atoms with Crippen molar-refractivity contribution in [1.29, 1.82) is 0 Å². The fourth-order valence-corrected chi connectivity index (χ4v) is 5.00. The molecule has 0 radical (unpaired) electrons. The maximum absolute atomic E-state index is 13.5. The molecule has 2 aromatic rings. The summed E-state index contributed by atoms with van der Waals surface area (Å²) in [5.74, 6) is -2.28. The Labute approximate surface area is 272 Å². The summed E-state index contributed by atoms with van der Waals surface area (Å²) in [4.78, 5) is 51.3. The Kier molecular flexibility index (Phi) is 16.2. The Morgan fingerprint density at radius 2 is 1.28 bits per heavy atom. The molecule has 0 aliphatic heterocycles. The number of aliphatic hydroxyl groups excluding tert-OH is 1. The maximum Gasteiger partial charge on any atom is 0.407 e. The van der Waals surface area contributed by atoms with Crippen LogP contribution in [-0.2, 0) is 32.1 Å². The topological polar surface area (TPSA) is 166 Å². The SMILES string of the molecule is CC(C)CC(NC(=O)OCc1ccccc1)[C@@H](O)CN[C@@H](CC(C)C)C(=O)N[C@H](C(=O)N[C@@H](Cc1ccccc1)C(=O)O)C(C)C. The number of carbonyl (C=O) groups is 4. The molecule has 0 spiro atoms. The Morgan fingerprint density at radius 3 is 1.80 bits per heavy atom. The van der Waals surface area contributed by atoms with Gasteiger partial charge in [0.2, 0.25) is 11.8 Å². The van der Waals surface area contributed by atoms with Gasteiger partial charge in [0.15, 0.2) is 0 Å². The van der Waals surface area contributed by atoms with E-state index in [0.717, 1.165) is 11.1 Å². The van der Waals surface area contributed by atoms with Gasteiger partial charge < -0.3 is 36.2 Å². The molecule has 0 saturated carbocycles. The zero-order valence-electron chi connectivity index (χ0n) is 27.9. The first-order valence-corrected chi connectivity index (χ1v) is 16.0.